The Hall–Kier alpha value is -1.67. The van der Waals surface area contributed by atoms with Gasteiger partial charge in [-0.3, -0.25) is 0 Å². The SMILES string of the molecule is O=C(Nc1cccc(C(F)(F)F)c1)N1CCS[C@@H]1c1cccs1. The number of nitrogens with zero attached hydrogens (tertiary/aromatic N) is 1. The van der Waals surface area contributed by atoms with Gasteiger partial charge in [-0.25, -0.2) is 4.79 Å². The summed E-state index contributed by atoms with van der Waals surface area (Å²) in [6.45, 7) is 0.567. The van der Waals surface area contributed by atoms with Gasteiger partial charge in [0, 0.05) is 22.9 Å². The Morgan fingerprint density at radius 2 is 2.09 bits per heavy atom. The van der Waals surface area contributed by atoms with Crippen molar-refractivity contribution in [1.82, 2.24) is 4.90 Å². The van der Waals surface area contributed by atoms with Crippen LogP contribution < -0.4 is 5.32 Å². The molecule has 1 fully saturated rings. The summed E-state index contributed by atoms with van der Waals surface area (Å²) in [5.41, 5.74) is -0.632. The zero-order valence-corrected chi connectivity index (χ0v) is 13.5. The number of thioether (sulfide) groups is 1. The minimum Gasteiger partial charge on any atom is -0.308 e. The third kappa shape index (κ3) is 3.64. The highest BCUT2D eigenvalue weighted by molar-refractivity contribution is 7.99. The maximum Gasteiger partial charge on any atom is 0.416 e. The maximum atomic E-state index is 12.7. The molecule has 2 amide bonds. The number of rotatable bonds is 2. The minimum absolute atomic E-state index is 0.0826. The Kier molecular flexibility index (Phi) is 4.54. The Morgan fingerprint density at radius 3 is 2.78 bits per heavy atom. The zero-order valence-electron chi connectivity index (χ0n) is 11.8. The van der Waals surface area contributed by atoms with Gasteiger partial charge in [0.25, 0.3) is 0 Å². The van der Waals surface area contributed by atoms with Gasteiger partial charge in [0.1, 0.15) is 5.37 Å². The van der Waals surface area contributed by atoms with Crippen LogP contribution in [0.2, 0.25) is 0 Å². The molecule has 0 aliphatic carbocycles. The van der Waals surface area contributed by atoms with Crippen LogP contribution in [-0.2, 0) is 6.18 Å². The number of anilines is 1. The highest BCUT2D eigenvalue weighted by atomic mass is 32.2. The molecule has 122 valence electrons. The highest BCUT2D eigenvalue weighted by Gasteiger charge is 2.33. The van der Waals surface area contributed by atoms with Crippen molar-refractivity contribution < 1.29 is 18.0 Å². The Bertz CT molecular complexity index is 688. The van der Waals surface area contributed by atoms with Crippen LogP contribution in [0.4, 0.5) is 23.7 Å². The predicted octanol–water partition coefficient (Wildman–Crippen LogP) is 5.05. The van der Waals surface area contributed by atoms with Gasteiger partial charge in [-0.15, -0.1) is 23.1 Å². The summed E-state index contributed by atoms with van der Waals surface area (Å²) >= 11 is 3.21. The van der Waals surface area contributed by atoms with Crippen LogP contribution in [0.1, 0.15) is 15.8 Å². The first-order valence-electron chi connectivity index (χ1n) is 6.85. The Balaban J connectivity index is 1.74. The van der Waals surface area contributed by atoms with Gasteiger partial charge in [-0.1, -0.05) is 12.1 Å². The third-order valence-electron chi connectivity index (χ3n) is 3.38. The average molecular weight is 358 g/mol. The fourth-order valence-corrected chi connectivity index (χ4v) is 4.55. The quantitative estimate of drug-likeness (QED) is 0.815. The van der Waals surface area contributed by atoms with E-state index in [0.29, 0.717) is 6.54 Å². The Labute approximate surface area is 139 Å². The molecule has 8 heteroatoms. The maximum absolute atomic E-state index is 12.7. The minimum atomic E-state index is -4.43. The second-order valence-corrected chi connectivity index (χ2v) is 7.11. The van der Waals surface area contributed by atoms with Crippen molar-refractivity contribution in [3.63, 3.8) is 0 Å². The lowest BCUT2D eigenvalue weighted by Gasteiger charge is -2.23. The number of carbonyl (C=O) groups is 1. The summed E-state index contributed by atoms with van der Waals surface area (Å²) in [7, 11) is 0. The van der Waals surface area contributed by atoms with Crippen LogP contribution in [0.25, 0.3) is 0 Å². The van der Waals surface area contributed by atoms with Crippen molar-refractivity contribution in [2.45, 2.75) is 11.6 Å². The molecule has 2 heterocycles. The molecule has 1 aromatic heterocycles. The fraction of sp³-hybridized carbons (Fsp3) is 0.267. The topological polar surface area (TPSA) is 32.3 Å². The molecule has 1 saturated heterocycles. The van der Waals surface area contributed by atoms with Crippen LogP contribution in [0.15, 0.2) is 41.8 Å². The zero-order chi connectivity index (χ0) is 16.4. The van der Waals surface area contributed by atoms with E-state index in [-0.39, 0.29) is 17.1 Å². The van der Waals surface area contributed by atoms with E-state index in [9.17, 15) is 18.0 Å². The molecule has 3 nitrogen and oxygen atoms in total. The van der Waals surface area contributed by atoms with E-state index in [4.69, 9.17) is 0 Å². The summed E-state index contributed by atoms with van der Waals surface area (Å²) < 4.78 is 38.2. The molecule has 1 aromatic carbocycles. The summed E-state index contributed by atoms with van der Waals surface area (Å²) in [5, 5.41) is 4.43. The normalized spacial score (nSPS) is 18.2. The van der Waals surface area contributed by atoms with Gasteiger partial charge in [0.05, 0.1) is 5.56 Å². The second-order valence-electron chi connectivity index (χ2n) is 4.94. The van der Waals surface area contributed by atoms with E-state index in [0.717, 1.165) is 22.8 Å². The summed E-state index contributed by atoms with van der Waals surface area (Å²) in [5.74, 6) is 0.804. The summed E-state index contributed by atoms with van der Waals surface area (Å²) in [6.07, 6.45) is -4.43. The van der Waals surface area contributed by atoms with E-state index in [1.807, 2.05) is 17.5 Å². The molecule has 1 atom stereocenters. The number of alkyl halides is 3. The molecule has 0 bridgehead atoms. The van der Waals surface area contributed by atoms with Gasteiger partial charge in [-0.2, -0.15) is 13.2 Å². The van der Waals surface area contributed by atoms with E-state index < -0.39 is 11.7 Å². The number of carbonyl (C=O) groups excluding carboxylic acids is 1. The first-order valence-corrected chi connectivity index (χ1v) is 8.78. The highest BCUT2D eigenvalue weighted by Crippen LogP contribution is 2.40. The van der Waals surface area contributed by atoms with Crippen molar-refractivity contribution in [2.75, 3.05) is 17.6 Å². The number of amides is 2. The smallest absolute Gasteiger partial charge is 0.308 e. The van der Waals surface area contributed by atoms with Crippen LogP contribution in [-0.4, -0.2) is 23.2 Å². The van der Waals surface area contributed by atoms with Crippen molar-refractivity contribution >= 4 is 34.8 Å². The number of hydrogen-bond donors (Lipinski definition) is 1. The number of thiophene rings is 1. The number of hydrogen-bond acceptors (Lipinski definition) is 3. The molecule has 0 unspecified atom stereocenters. The van der Waals surface area contributed by atoms with E-state index in [1.54, 1.807) is 28.0 Å². The lowest BCUT2D eigenvalue weighted by Crippen LogP contribution is -2.34. The van der Waals surface area contributed by atoms with Crippen molar-refractivity contribution in [3.8, 4) is 0 Å². The molecular weight excluding hydrogens is 345 g/mol. The van der Waals surface area contributed by atoms with Crippen molar-refractivity contribution in [3.05, 3.63) is 52.2 Å². The third-order valence-corrected chi connectivity index (χ3v) is 5.70. The van der Waals surface area contributed by atoms with Gasteiger partial charge < -0.3 is 10.2 Å². The van der Waals surface area contributed by atoms with E-state index >= 15 is 0 Å². The first kappa shape index (κ1) is 16.2. The first-order chi connectivity index (χ1) is 10.9. The molecule has 2 aromatic rings. The van der Waals surface area contributed by atoms with Gasteiger partial charge in [0.2, 0.25) is 0 Å². The number of halogens is 3. The lowest BCUT2D eigenvalue weighted by atomic mass is 10.2. The molecule has 1 N–H and O–H groups in total. The van der Waals surface area contributed by atoms with Crippen LogP contribution in [0.3, 0.4) is 0 Å². The molecule has 0 radical (unpaired) electrons. The molecule has 1 aliphatic rings. The monoisotopic (exact) mass is 358 g/mol. The number of nitrogens with one attached hydrogen (secondary N) is 1. The number of benzene rings is 1. The summed E-state index contributed by atoms with van der Waals surface area (Å²) in [4.78, 5) is 15.1. The van der Waals surface area contributed by atoms with Gasteiger partial charge in [-0.05, 0) is 29.6 Å². The molecule has 23 heavy (non-hydrogen) atoms. The second kappa shape index (κ2) is 6.45. The van der Waals surface area contributed by atoms with E-state index in [1.165, 1.54) is 12.1 Å². The average Bonchev–Trinajstić information content (AvgIpc) is 3.17. The predicted molar refractivity (Wildman–Crippen MR) is 86.7 cm³/mol. The van der Waals surface area contributed by atoms with Gasteiger partial charge in [0.15, 0.2) is 0 Å². The van der Waals surface area contributed by atoms with Gasteiger partial charge >= 0.3 is 12.2 Å². The lowest BCUT2D eigenvalue weighted by molar-refractivity contribution is -0.137. The number of urea groups is 1. The largest absolute Gasteiger partial charge is 0.416 e. The van der Waals surface area contributed by atoms with Crippen LogP contribution >= 0.6 is 23.1 Å². The molecule has 3 rings (SSSR count). The summed E-state index contributed by atoms with van der Waals surface area (Å²) in [6, 6.07) is 8.16. The van der Waals surface area contributed by atoms with Crippen molar-refractivity contribution in [2.24, 2.45) is 0 Å². The fourth-order valence-electron chi connectivity index (χ4n) is 2.31. The van der Waals surface area contributed by atoms with E-state index in [2.05, 4.69) is 5.32 Å². The van der Waals surface area contributed by atoms with Crippen LogP contribution in [0.5, 0.6) is 0 Å². The van der Waals surface area contributed by atoms with Crippen molar-refractivity contribution in [1.29, 1.82) is 0 Å². The molecule has 0 saturated carbocycles. The molecule has 0 spiro atoms. The standard InChI is InChI=1S/C15H13F3N2OS2/c16-15(17,18)10-3-1-4-11(9-10)19-14(21)20-6-8-23-13(20)12-5-2-7-22-12/h1-5,7,9,13H,6,8H2,(H,19,21)/t13-/m1/s1. The molecule has 1 aliphatic heterocycles. The van der Waals surface area contributed by atoms with Crippen LogP contribution in [0, 0.1) is 0 Å². The Morgan fingerprint density at radius 1 is 1.26 bits per heavy atom. The molecular formula is C15H13F3N2OS2.